The first-order chi connectivity index (χ1) is 14.6. The lowest BCUT2D eigenvalue weighted by Gasteiger charge is -2.11. The maximum absolute atomic E-state index is 12.4. The third-order valence-corrected chi connectivity index (χ3v) is 6.78. The van der Waals surface area contributed by atoms with E-state index in [4.69, 9.17) is 39.9 Å². The molecule has 0 saturated carbocycles. The summed E-state index contributed by atoms with van der Waals surface area (Å²) in [4.78, 5) is 12.2. The van der Waals surface area contributed by atoms with Crippen molar-refractivity contribution in [3.8, 4) is 11.4 Å². The van der Waals surface area contributed by atoms with Gasteiger partial charge < -0.3 is 9.88 Å². The van der Waals surface area contributed by atoms with Crippen LogP contribution in [0.1, 0.15) is 6.92 Å². The van der Waals surface area contributed by atoms with E-state index in [1.807, 2.05) is 23.6 Å². The van der Waals surface area contributed by atoms with Gasteiger partial charge in [0.05, 0.1) is 26.4 Å². The second-order valence-corrected chi connectivity index (χ2v) is 9.96. The van der Waals surface area contributed by atoms with Gasteiger partial charge in [-0.1, -0.05) is 46.6 Å². The number of hydrogen-bond donors (Lipinski definition) is 2. The van der Waals surface area contributed by atoms with Crippen molar-refractivity contribution in [3.05, 3.63) is 51.5 Å². The van der Waals surface area contributed by atoms with Crippen molar-refractivity contribution < 1.29 is 13.2 Å². The van der Waals surface area contributed by atoms with Gasteiger partial charge in [-0.2, -0.15) is 0 Å². The van der Waals surface area contributed by atoms with Crippen LogP contribution in [-0.2, 0) is 21.4 Å². The number of anilines is 1. The molecule has 1 heterocycles. The molecule has 3 rings (SSSR count). The molecule has 3 N–H and O–H groups in total. The summed E-state index contributed by atoms with van der Waals surface area (Å²) in [5.74, 6) is 0.255. The van der Waals surface area contributed by atoms with Gasteiger partial charge in [0.25, 0.3) is 0 Å². The topological polar surface area (TPSA) is 120 Å². The number of amides is 1. The molecular formula is C18H16Cl3N5O3S2. The number of nitrogens with two attached hydrogens (primary N) is 1. The predicted octanol–water partition coefficient (Wildman–Crippen LogP) is 4.30. The van der Waals surface area contributed by atoms with E-state index in [0.29, 0.717) is 22.5 Å². The highest BCUT2D eigenvalue weighted by Crippen LogP contribution is 2.33. The Morgan fingerprint density at radius 1 is 1.13 bits per heavy atom. The van der Waals surface area contributed by atoms with E-state index in [1.165, 1.54) is 11.8 Å². The summed E-state index contributed by atoms with van der Waals surface area (Å²) < 4.78 is 24.8. The van der Waals surface area contributed by atoms with Crippen LogP contribution in [-0.4, -0.2) is 34.8 Å². The highest BCUT2D eigenvalue weighted by Gasteiger charge is 2.18. The maximum atomic E-state index is 12.4. The van der Waals surface area contributed by atoms with Crippen LogP contribution in [0.4, 0.5) is 5.69 Å². The normalized spacial score (nSPS) is 11.5. The first kappa shape index (κ1) is 23.8. The Hall–Kier alpha value is -1.82. The predicted molar refractivity (Wildman–Crippen MR) is 123 cm³/mol. The molecule has 13 heteroatoms. The van der Waals surface area contributed by atoms with Crippen LogP contribution < -0.4 is 10.5 Å². The molecule has 0 bridgehead atoms. The molecule has 0 aliphatic rings. The van der Waals surface area contributed by atoms with E-state index < -0.39 is 15.9 Å². The minimum atomic E-state index is -3.98. The number of hydrogen-bond acceptors (Lipinski definition) is 6. The van der Waals surface area contributed by atoms with Crippen molar-refractivity contribution >= 4 is 68.2 Å². The first-order valence-corrected chi connectivity index (χ1v) is 12.4. The van der Waals surface area contributed by atoms with E-state index in [1.54, 1.807) is 12.1 Å². The largest absolute Gasteiger partial charge is 0.323 e. The van der Waals surface area contributed by atoms with Gasteiger partial charge in [-0.25, -0.2) is 13.6 Å². The molecule has 0 radical (unpaired) electrons. The Labute approximate surface area is 198 Å². The van der Waals surface area contributed by atoms with Gasteiger partial charge in [-0.15, -0.1) is 10.2 Å². The zero-order valence-electron chi connectivity index (χ0n) is 16.0. The standard InChI is InChI=1S/C18H16Cl3N5O3S2/c1-2-26-17(10-3-5-11(19)6-4-10)24-25-18(26)30-9-15(27)23-16-13(20)7-12(8-14(16)21)31(22,28)29/h3-8H,2,9H2,1H3,(H,23,27)(H2,22,28,29). The van der Waals surface area contributed by atoms with Gasteiger partial charge in [0.2, 0.25) is 15.9 Å². The summed E-state index contributed by atoms with van der Waals surface area (Å²) in [5, 5.41) is 17.1. The molecule has 0 atom stereocenters. The summed E-state index contributed by atoms with van der Waals surface area (Å²) in [6.45, 7) is 2.54. The molecule has 8 nitrogen and oxygen atoms in total. The molecular weight excluding hydrogens is 505 g/mol. The molecule has 0 spiro atoms. The van der Waals surface area contributed by atoms with E-state index in [9.17, 15) is 13.2 Å². The Bertz CT molecular complexity index is 1210. The molecule has 0 unspecified atom stereocenters. The van der Waals surface area contributed by atoms with Crippen LogP contribution in [0, 0.1) is 0 Å². The molecule has 0 fully saturated rings. The molecule has 0 aliphatic heterocycles. The number of aromatic nitrogens is 3. The van der Waals surface area contributed by atoms with E-state index in [0.717, 1.165) is 17.7 Å². The fraction of sp³-hybridized carbons (Fsp3) is 0.167. The molecule has 1 amide bonds. The second-order valence-electron chi connectivity index (χ2n) is 6.20. The van der Waals surface area contributed by atoms with Crippen molar-refractivity contribution in [1.82, 2.24) is 14.8 Å². The molecule has 0 saturated heterocycles. The van der Waals surface area contributed by atoms with Crippen molar-refractivity contribution in [1.29, 1.82) is 0 Å². The monoisotopic (exact) mass is 519 g/mol. The van der Waals surface area contributed by atoms with Crippen molar-refractivity contribution in [2.75, 3.05) is 11.1 Å². The summed E-state index contributed by atoms with van der Waals surface area (Å²) >= 11 is 19.3. The minimum absolute atomic E-state index is 0.00233. The average molecular weight is 521 g/mol. The fourth-order valence-electron chi connectivity index (χ4n) is 2.63. The lowest BCUT2D eigenvalue weighted by Crippen LogP contribution is -2.16. The van der Waals surface area contributed by atoms with Crippen LogP contribution >= 0.6 is 46.6 Å². The number of rotatable bonds is 7. The smallest absolute Gasteiger partial charge is 0.238 e. The Morgan fingerprint density at radius 2 is 1.74 bits per heavy atom. The average Bonchev–Trinajstić information content (AvgIpc) is 3.11. The molecule has 1 aromatic heterocycles. The van der Waals surface area contributed by atoms with Crippen molar-refractivity contribution in [3.63, 3.8) is 0 Å². The van der Waals surface area contributed by atoms with Gasteiger partial charge in [-0.3, -0.25) is 4.79 Å². The van der Waals surface area contributed by atoms with Gasteiger partial charge in [0.1, 0.15) is 0 Å². The Kier molecular flexibility index (Phi) is 7.51. The number of nitrogens with zero attached hydrogens (tertiary/aromatic N) is 3. The maximum Gasteiger partial charge on any atom is 0.238 e. The van der Waals surface area contributed by atoms with Gasteiger partial charge in [0, 0.05) is 17.1 Å². The van der Waals surface area contributed by atoms with Crippen molar-refractivity contribution in [2.45, 2.75) is 23.5 Å². The number of nitrogens with one attached hydrogen (secondary N) is 1. The van der Waals surface area contributed by atoms with Crippen LogP contribution in [0.25, 0.3) is 11.4 Å². The van der Waals surface area contributed by atoms with Crippen molar-refractivity contribution in [2.24, 2.45) is 5.14 Å². The Balaban J connectivity index is 1.73. The zero-order valence-corrected chi connectivity index (χ0v) is 19.9. The zero-order chi connectivity index (χ0) is 22.8. The molecule has 3 aromatic rings. The van der Waals surface area contributed by atoms with E-state index in [2.05, 4.69) is 15.5 Å². The number of primary sulfonamides is 1. The Morgan fingerprint density at radius 3 is 2.29 bits per heavy atom. The summed E-state index contributed by atoms with van der Waals surface area (Å²) in [5.41, 5.74) is 0.948. The summed E-state index contributed by atoms with van der Waals surface area (Å²) in [6.07, 6.45) is 0. The van der Waals surface area contributed by atoms with Gasteiger partial charge >= 0.3 is 0 Å². The van der Waals surface area contributed by atoms with Crippen LogP contribution in [0.3, 0.4) is 0 Å². The molecule has 0 aliphatic carbocycles. The molecule has 31 heavy (non-hydrogen) atoms. The third-order valence-electron chi connectivity index (χ3n) is 4.08. The van der Waals surface area contributed by atoms with Crippen LogP contribution in [0.2, 0.25) is 15.1 Å². The fourth-order valence-corrected chi connectivity index (χ4v) is 4.84. The molecule has 2 aromatic carbocycles. The summed E-state index contributed by atoms with van der Waals surface area (Å²) in [7, 11) is -3.98. The highest BCUT2D eigenvalue weighted by molar-refractivity contribution is 7.99. The van der Waals surface area contributed by atoms with Crippen LogP contribution in [0.5, 0.6) is 0 Å². The number of carbonyl (C=O) groups is 1. The highest BCUT2D eigenvalue weighted by atomic mass is 35.5. The van der Waals surface area contributed by atoms with Gasteiger partial charge in [0.15, 0.2) is 11.0 Å². The van der Waals surface area contributed by atoms with E-state index >= 15 is 0 Å². The lowest BCUT2D eigenvalue weighted by molar-refractivity contribution is -0.113. The first-order valence-electron chi connectivity index (χ1n) is 8.73. The lowest BCUT2D eigenvalue weighted by atomic mass is 10.2. The third kappa shape index (κ3) is 5.71. The SMILES string of the molecule is CCn1c(SCC(=O)Nc2c(Cl)cc(S(N)(=O)=O)cc2Cl)nnc1-c1ccc(Cl)cc1. The summed E-state index contributed by atoms with van der Waals surface area (Å²) in [6, 6.07) is 9.46. The van der Waals surface area contributed by atoms with Gasteiger partial charge in [-0.05, 0) is 43.3 Å². The van der Waals surface area contributed by atoms with E-state index in [-0.39, 0.29) is 26.4 Å². The number of carbonyl (C=O) groups excluding carboxylic acids is 1. The van der Waals surface area contributed by atoms with Crippen LogP contribution in [0.15, 0.2) is 46.5 Å². The second kappa shape index (κ2) is 9.76. The molecule has 164 valence electrons. The number of benzene rings is 2. The quantitative estimate of drug-likeness (QED) is 0.448. The number of halogens is 3. The minimum Gasteiger partial charge on any atom is -0.323 e. The number of thioether (sulfide) groups is 1. The number of sulfonamides is 1.